The highest BCUT2D eigenvalue weighted by Gasteiger charge is 2.31. The van der Waals surface area contributed by atoms with Gasteiger partial charge >= 0.3 is 6.18 Å². The van der Waals surface area contributed by atoms with E-state index in [1.165, 1.54) is 6.07 Å². The van der Waals surface area contributed by atoms with E-state index in [-0.39, 0.29) is 12.1 Å². The van der Waals surface area contributed by atoms with Crippen molar-refractivity contribution in [3.8, 4) is 0 Å². The molecule has 0 aliphatic rings. The monoisotopic (exact) mass is 246 g/mol. The number of nitrogens with two attached hydrogens (primary N) is 1. The molecule has 0 spiro atoms. The number of hydrogen-bond donors (Lipinski definition) is 2. The molecule has 3 N–H and O–H groups in total. The van der Waals surface area contributed by atoms with Crippen LogP contribution in [0.25, 0.3) is 0 Å². The summed E-state index contributed by atoms with van der Waals surface area (Å²) in [7, 11) is 0. The Balaban J connectivity index is 3.10. The van der Waals surface area contributed by atoms with Crippen molar-refractivity contribution < 1.29 is 13.2 Å². The zero-order valence-electron chi connectivity index (χ0n) is 10.2. The first-order valence-corrected chi connectivity index (χ1v) is 5.32. The number of benzene rings is 1. The minimum atomic E-state index is -4.33. The van der Waals surface area contributed by atoms with Crippen LogP contribution < -0.4 is 11.1 Å². The van der Waals surface area contributed by atoms with Crippen LogP contribution >= 0.6 is 0 Å². The lowest BCUT2D eigenvalue weighted by molar-refractivity contribution is -0.137. The Morgan fingerprint density at radius 2 is 1.76 bits per heavy atom. The first kappa shape index (κ1) is 13.8. The normalized spacial score (nSPS) is 12.6. The highest BCUT2D eigenvalue weighted by atomic mass is 19.4. The molecule has 0 aliphatic carbocycles. The Hall–Kier alpha value is -1.23. The van der Waals surface area contributed by atoms with Crippen molar-refractivity contribution in [3.05, 3.63) is 29.3 Å². The second-order valence-corrected chi connectivity index (χ2v) is 4.95. The van der Waals surface area contributed by atoms with Crippen LogP contribution in [0.2, 0.25) is 0 Å². The van der Waals surface area contributed by atoms with Crippen LogP contribution in [0, 0.1) is 0 Å². The molecule has 0 atom stereocenters. The number of rotatable bonds is 2. The van der Waals surface area contributed by atoms with E-state index in [0.29, 0.717) is 11.3 Å². The summed E-state index contributed by atoms with van der Waals surface area (Å²) in [6.07, 6.45) is -4.33. The van der Waals surface area contributed by atoms with Crippen LogP contribution in [0.15, 0.2) is 18.2 Å². The smallest absolute Gasteiger partial charge is 0.380 e. The maximum Gasteiger partial charge on any atom is 0.416 e. The maximum atomic E-state index is 12.5. The second-order valence-electron chi connectivity index (χ2n) is 4.95. The van der Waals surface area contributed by atoms with Crippen molar-refractivity contribution in [2.24, 2.45) is 5.73 Å². The van der Waals surface area contributed by atoms with E-state index in [2.05, 4.69) is 5.32 Å². The highest BCUT2D eigenvalue weighted by Crippen LogP contribution is 2.32. The fraction of sp³-hybridized carbons (Fsp3) is 0.500. The average Bonchev–Trinajstić information content (AvgIpc) is 2.14. The Kier molecular flexibility index (Phi) is 3.71. The molecular formula is C12H17F3N2. The lowest BCUT2D eigenvalue weighted by Crippen LogP contribution is -2.27. The Bertz CT molecular complexity index is 392. The molecule has 0 saturated carbocycles. The fourth-order valence-corrected chi connectivity index (χ4v) is 1.46. The van der Waals surface area contributed by atoms with E-state index >= 15 is 0 Å². The van der Waals surface area contributed by atoms with Crippen LogP contribution in [-0.4, -0.2) is 5.54 Å². The van der Waals surface area contributed by atoms with Crippen LogP contribution in [0.5, 0.6) is 0 Å². The lowest BCUT2D eigenvalue weighted by Gasteiger charge is -2.24. The molecule has 2 nitrogen and oxygen atoms in total. The van der Waals surface area contributed by atoms with Crippen LogP contribution in [0.1, 0.15) is 31.9 Å². The third kappa shape index (κ3) is 3.93. The topological polar surface area (TPSA) is 38.0 Å². The van der Waals surface area contributed by atoms with Crippen LogP contribution in [0.3, 0.4) is 0 Å². The van der Waals surface area contributed by atoms with Gasteiger partial charge in [0.25, 0.3) is 0 Å². The lowest BCUT2D eigenvalue weighted by atomic mass is 10.0. The Morgan fingerprint density at radius 3 is 2.18 bits per heavy atom. The van der Waals surface area contributed by atoms with E-state index < -0.39 is 11.7 Å². The summed E-state index contributed by atoms with van der Waals surface area (Å²) in [6.45, 7) is 5.88. The predicted molar refractivity (Wildman–Crippen MR) is 62.7 cm³/mol. The first-order valence-electron chi connectivity index (χ1n) is 5.32. The summed E-state index contributed by atoms with van der Waals surface area (Å²) in [5, 5.41) is 3.13. The molecule has 0 aliphatic heterocycles. The van der Waals surface area contributed by atoms with E-state index in [0.717, 1.165) is 12.1 Å². The van der Waals surface area contributed by atoms with Gasteiger partial charge in [-0.05, 0) is 44.5 Å². The minimum Gasteiger partial charge on any atom is -0.380 e. The molecule has 1 aromatic carbocycles. The highest BCUT2D eigenvalue weighted by molar-refractivity contribution is 5.54. The number of halogens is 3. The molecule has 0 unspecified atom stereocenters. The van der Waals surface area contributed by atoms with Gasteiger partial charge in [-0.3, -0.25) is 0 Å². The quantitative estimate of drug-likeness (QED) is 0.839. The van der Waals surface area contributed by atoms with Gasteiger partial charge in [0.15, 0.2) is 0 Å². The molecule has 0 bridgehead atoms. The molecule has 5 heteroatoms. The Morgan fingerprint density at radius 1 is 1.18 bits per heavy atom. The molecule has 0 amide bonds. The predicted octanol–water partition coefficient (Wildman–Crippen LogP) is 3.37. The number of nitrogens with one attached hydrogen (secondary N) is 1. The van der Waals surface area contributed by atoms with Gasteiger partial charge in [0.2, 0.25) is 0 Å². The fourth-order valence-electron chi connectivity index (χ4n) is 1.46. The molecule has 1 aromatic rings. The van der Waals surface area contributed by atoms with E-state index in [1.807, 2.05) is 20.8 Å². The van der Waals surface area contributed by atoms with Crippen molar-refractivity contribution >= 4 is 5.69 Å². The van der Waals surface area contributed by atoms with Gasteiger partial charge in [0, 0.05) is 17.8 Å². The summed E-state index contributed by atoms with van der Waals surface area (Å²) in [5.74, 6) is 0. The number of hydrogen-bond acceptors (Lipinski definition) is 2. The van der Waals surface area contributed by atoms with Crippen molar-refractivity contribution in [2.75, 3.05) is 5.32 Å². The van der Waals surface area contributed by atoms with Crippen molar-refractivity contribution in [3.63, 3.8) is 0 Å². The molecule has 0 saturated heterocycles. The van der Waals surface area contributed by atoms with Gasteiger partial charge in [-0.15, -0.1) is 0 Å². The largest absolute Gasteiger partial charge is 0.416 e. The molecule has 1 rings (SSSR count). The number of anilines is 1. The van der Waals surface area contributed by atoms with Crippen molar-refractivity contribution in [2.45, 2.75) is 39.0 Å². The van der Waals surface area contributed by atoms with E-state index in [4.69, 9.17) is 5.73 Å². The van der Waals surface area contributed by atoms with Gasteiger partial charge in [-0.25, -0.2) is 0 Å². The summed E-state index contributed by atoms with van der Waals surface area (Å²) < 4.78 is 37.5. The molecular weight excluding hydrogens is 229 g/mol. The van der Waals surface area contributed by atoms with Crippen molar-refractivity contribution in [1.29, 1.82) is 0 Å². The SMILES string of the molecule is CC(C)(C)Nc1ccc(C(F)(F)F)cc1CN. The zero-order valence-corrected chi connectivity index (χ0v) is 10.2. The minimum absolute atomic E-state index is 0.0718. The van der Waals surface area contributed by atoms with Crippen LogP contribution in [0.4, 0.5) is 18.9 Å². The number of alkyl halides is 3. The maximum absolute atomic E-state index is 12.5. The summed E-state index contributed by atoms with van der Waals surface area (Å²) >= 11 is 0. The van der Waals surface area contributed by atoms with Gasteiger partial charge in [0.05, 0.1) is 5.56 Å². The Labute approximate surface area is 99.0 Å². The molecule has 96 valence electrons. The average molecular weight is 246 g/mol. The van der Waals surface area contributed by atoms with Crippen LogP contribution in [-0.2, 0) is 12.7 Å². The second kappa shape index (κ2) is 4.56. The molecule has 0 heterocycles. The standard InChI is InChI=1S/C12H17F3N2/c1-11(2,3)17-10-5-4-9(12(13,14)15)6-8(10)7-16/h4-6,17H,7,16H2,1-3H3. The summed E-state index contributed by atoms with van der Waals surface area (Å²) in [5.41, 5.74) is 5.70. The van der Waals surface area contributed by atoms with Gasteiger partial charge in [0.1, 0.15) is 0 Å². The summed E-state index contributed by atoms with van der Waals surface area (Å²) in [4.78, 5) is 0. The first-order chi connectivity index (χ1) is 7.63. The summed E-state index contributed by atoms with van der Waals surface area (Å²) in [6, 6.07) is 3.58. The molecule has 0 fully saturated rings. The third-order valence-corrected chi connectivity index (χ3v) is 2.16. The van der Waals surface area contributed by atoms with Gasteiger partial charge in [-0.2, -0.15) is 13.2 Å². The van der Waals surface area contributed by atoms with Gasteiger partial charge in [-0.1, -0.05) is 0 Å². The van der Waals surface area contributed by atoms with Crippen molar-refractivity contribution in [1.82, 2.24) is 0 Å². The zero-order chi connectivity index (χ0) is 13.3. The molecule has 17 heavy (non-hydrogen) atoms. The van der Waals surface area contributed by atoms with Gasteiger partial charge < -0.3 is 11.1 Å². The van der Waals surface area contributed by atoms with E-state index in [9.17, 15) is 13.2 Å². The molecule has 0 aromatic heterocycles. The molecule has 0 radical (unpaired) electrons. The third-order valence-electron chi connectivity index (χ3n) is 2.16. The van der Waals surface area contributed by atoms with E-state index in [1.54, 1.807) is 0 Å².